The third-order valence-electron chi connectivity index (χ3n) is 3.70. The minimum atomic E-state index is -0.679. The number of hydrogen-bond acceptors (Lipinski definition) is 2. The molecule has 0 spiro atoms. The Morgan fingerprint density at radius 3 is 2.52 bits per heavy atom. The number of nitrogens with one attached hydrogen (secondary N) is 3. The smallest absolute Gasteiger partial charge is 0.313 e. The maximum absolute atomic E-state index is 12.1. The number of benzene rings is 2. The van der Waals surface area contributed by atoms with E-state index < -0.39 is 11.8 Å². The van der Waals surface area contributed by atoms with Crippen LogP contribution >= 0.6 is 0 Å². The van der Waals surface area contributed by atoms with E-state index in [1.165, 1.54) is 0 Å². The van der Waals surface area contributed by atoms with Crippen LogP contribution in [-0.2, 0) is 9.59 Å². The summed E-state index contributed by atoms with van der Waals surface area (Å²) in [5.41, 5.74) is 2.46. The Bertz CT molecular complexity index is 840. The number of anilines is 1. The molecule has 3 rings (SSSR count). The van der Waals surface area contributed by atoms with E-state index in [1.54, 1.807) is 12.3 Å². The normalized spacial score (nSPS) is 11.9. The summed E-state index contributed by atoms with van der Waals surface area (Å²) in [6.45, 7) is 1.84. The molecule has 1 unspecified atom stereocenters. The Morgan fingerprint density at radius 1 is 0.957 bits per heavy atom. The molecule has 1 aromatic heterocycles. The highest BCUT2D eigenvalue weighted by Gasteiger charge is 2.18. The lowest BCUT2D eigenvalue weighted by atomic mass is 10.1. The number of amides is 2. The molecule has 23 heavy (non-hydrogen) atoms. The van der Waals surface area contributed by atoms with Crippen LogP contribution in [0.2, 0.25) is 0 Å². The Morgan fingerprint density at radius 2 is 1.74 bits per heavy atom. The highest BCUT2D eigenvalue weighted by atomic mass is 16.2. The van der Waals surface area contributed by atoms with Gasteiger partial charge in [0.2, 0.25) is 0 Å². The van der Waals surface area contributed by atoms with E-state index in [9.17, 15) is 9.59 Å². The van der Waals surface area contributed by atoms with Crippen molar-refractivity contribution >= 4 is 28.4 Å². The summed E-state index contributed by atoms with van der Waals surface area (Å²) in [5, 5.41) is 6.22. The topological polar surface area (TPSA) is 74.0 Å². The largest absolute Gasteiger partial charge is 0.361 e. The maximum atomic E-state index is 12.1. The standard InChI is InChI=1S/C18H17N3O2/c1-12(13-6-3-2-4-7-13)20-17(22)18(23)21-16-9-5-8-15-14(16)10-11-19-15/h2-12,19H,1H3,(H,20,22)(H,21,23). The molecule has 1 heterocycles. The molecule has 116 valence electrons. The van der Waals surface area contributed by atoms with E-state index in [4.69, 9.17) is 0 Å². The molecule has 2 amide bonds. The predicted octanol–water partition coefficient (Wildman–Crippen LogP) is 2.98. The number of H-pyrrole nitrogens is 1. The first-order valence-corrected chi connectivity index (χ1v) is 7.38. The zero-order valence-electron chi connectivity index (χ0n) is 12.7. The molecule has 0 radical (unpaired) electrons. The van der Waals surface area contributed by atoms with Crippen LogP contribution in [0.1, 0.15) is 18.5 Å². The monoisotopic (exact) mass is 307 g/mol. The molecule has 0 bridgehead atoms. The van der Waals surface area contributed by atoms with E-state index in [-0.39, 0.29) is 6.04 Å². The Balaban J connectivity index is 1.68. The predicted molar refractivity (Wildman–Crippen MR) is 89.9 cm³/mol. The minimum Gasteiger partial charge on any atom is -0.361 e. The van der Waals surface area contributed by atoms with Gasteiger partial charge in [-0.05, 0) is 30.7 Å². The number of rotatable bonds is 3. The lowest BCUT2D eigenvalue weighted by Gasteiger charge is -2.14. The summed E-state index contributed by atoms with van der Waals surface area (Å²) in [5.74, 6) is -1.34. The second-order valence-corrected chi connectivity index (χ2v) is 5.30. The van der Waals surface area contributed by atoms with Crippen molar-refractivity contribution in [1.82, 2.24) is 10.3 Å². The Hall–Kier alpha value is -3.08. The lowest BCUT2D eigenvalue weighted by Crippen LogP contribution is -2.36. The van der Waals surface area contributed by atoms with Gasteiger partial charge in [-0.3, -0.25) is 9.59 Å². The van der Waals surface area contributed by atoms with Gasteiger partial charge in [0.1, 0.15) is 0 Å². The fourth-order valence-electron chi connectivity index (χ4n) is 2.46. The number of aromatic nitrogens is 1. The first kappa shape index (κ1) is 14.8. The van der Waals surface area contributed by atoms with Gasteiger partial charge in [-0.15, -0.1) is 0 Å². The fourth-order valence-corrected chi connectivity index (χ4v) is 2.46. The van der Waals surface area contributed by atoms with Gasteiger partial charge in [-0.25, -0.2) is 0 Å². The van der Waals surface area contributed by atoms with Crippen molar-refractivity contribution in [2.45, 2.75) is 13.0 Å². The first-order chi connectivity index (χ1) is 11.1. The summed E-state index contributed by atoms with van der Waals surface area (Å²) >= 11 is 0. The van der Waals surface area contributed by atoms with Crippen LogP contribution in [0.25, 0.3) is 10.9 Å². The second kappa shape index (κ2) is 6.36. The Kier molecular flexibility index (Phi) is 4.10. The molecule has 0 aliphatic rings. The van der Waals surface area contributed by atoms with Crippen molar-refractivity contribution in [3.8, 4) is 0 Å². The number of carbonyl (C=O) groups is 2. The van der Waals surface area contributed by atoms with Gasteiger partial charge >= 0.3 is 11.8 Å². The summed E-state index contributed by atoms with van der Waals surface area (Å²) in [6, 6.07) is 16.6. The van der Waals surface area contributed by atoms with Crippen molar-refractivity contribution in [3.63, 3.8) is 0 Å². The number of aromatic amines is 1. The molecule has 1 atom stereocenters. The van der Waals surface area contributed by atoms with E-state index in [1.807, 2.05) is 55.5 Å². The lowest BCUT2D eigenvalue weighted by molar-refractivity contribution is -0.136. The van der Waals surface area contributed by atoms with E-state index in [0.29, 0.717) is 5.69 Å². The van der Waals surface area contributed by atoms with Gasteiger partial charge in [0.05, 0.1) is 11.7 Å². The van der Waals surface area contributed by atoms with E-state index in [2.05, 4.69) is 15.6 Å². The van der Waals surface area contributed by atoms with Crippen LogP contribution in [-0.4, -0.2) is 16.8 Å². The van der Waals surface area contributed by atoms with E-state index >= 15 is 0 Å². The number of hydrogen-bond donors (Lipinski definition) is 3. The third-order valence-corrected chi connectivity index (χ3v) is 3.70. The molecule has 3 N–H and O–H groups in total. The molecular weight excluding hydrogens is 290 g/mol. The molecule has 3 aromatic rings. The second-order valence-electron chi connectivity index (χ2n) is 5.30. The van der Waals surface area contributed by atoms with Crippen LogP contribution in [0.3, 0.4) is 0 Å². The molecule has 0 saturated heterocycles. The number of carbonyl (C=O) groups excluding carboxylic acids is 2. The molecule has 0 aliphatic heterocycles. The molecule has 0 aliphatic carbocycles. The SMILES string of the molecule is CC(NC(=O)C(=O)Nc1cccc2[nH]ccc12)c1ccccc1. The highest BCUT2D eigenvalue weighted by molar-refractivity contribution is 6.40. The average molecular weight is 307 g/mol. The molecule has 0 saturated carbocycles. The zero-order valence-corrected chi connectivity index (χ0v) is 12.7. The van der Waals surface area contributed by atoms with Gasteiger partial charge < -0.3 is 15.6 Å². The summed E-state index contributed by atoms with van der Waals surface area (Å²) in [4.78, 5) is 27.3. The van der Waals surface area contributed by atoms with Gasteiger partial charge in [0.25, 0.3) is 0 Å². The molecule has 0 fully saturated rings. The maximum Gasteiger partial charge on any atom is 0.313 e. The van der Waals surface area contributed by atoms with Crippen LogP contribution in [0, 0.1) is 0 Å². The third kappa shape index (κ3) is 3.23. The van der Waals surface area contributed by atoms with Gasteiger partial charge in [-0.2, -0.15) is 0 Å². The summed E-state index contributed by atoms with van der Waals surface area (Å²) < 4.78 is 0. The molecule has 5 heteroatoms. The summed E-state index contributed by atoms with van der Waals surface area (Å²) in [7, 11) is 0. The minimum absolute atomic E-state index is 0.238. The number of fused-ring (bicyclic) bond motifs is 1. The summed E-state index contributed by atoms with van der Waals surface area (Å²) in [6.07, 6.45) is 1.79. The van der Waals surface area contributed by atoms with Crippen molar-refractivity contribution in [2.75, 3.05) is 5.32 Å². The molecule has 5 nitrogen and oxygen atoms in total. The Labute approximate surface area is 133 Å². The van der Waals surface area contributed by atoms with Gasteiger partial charge in [-0.1, -0.05) is 36.4 Å². The molecule has 2 aromatic carbocycles. The average Bonchev–Trinajstić information content (AvgIpc) is 3.05. The van der Waals surface area contributed by atoms with Crippen molar-refractivity contribution in [1.29, 1.82) is 0 Å². The fraction of sp³-hybridized carbons (Fsp3) is 0.111. The quantitative estimate of drug-likeness (QED) is 0.651. The molecular formula is C18H17N3O2. The zero-order chi connectivity index (χ0) is 16.2. The highest BCUT2D eigenvalue weighted by Crippen LogP contribution is 2.22. The van der Waals surface area contributed by atoms with Crippen LogP contribution in [0.15, 0.2) is 60.8 Å². The van der Waals surface area contributed by atoms with Crippen LogP contribution in [0.4, 0.5) is 5.69 Å². The van der Waals surface area contributed by atoms with Crippen molar-refractivity contribution < 1.29 is 9.59 Å². The van der Waals surface area contributed by atoms with E-state index in [0.717, 1.165) is 16.5 Å². The first-order valence-electron chi connectivity index (χ1n) is 7.38. The van der Waals surface area contributed by atoms with Gasteiger partial charge in [0.15, 0.2) is 0 Å². The van der Waals surface area contributed by atoms with Crippen molar-refractivity contribution in [2.24, 2.45) is 0 Å². The van der Waals surface area contributed by atoms with Crippen molar-refractivity contribution in [3.05, 3.63) is 66.4 Å². The van der Waals surface area contributed by atoms with Crippen LogP contribution < -0.4 is 10.6 Å². The van der Waals surface area contributed by atoms with Crippen LogP contribution in [0.5, 0.6) is 0 Å². The van der Waals surface area contributed by atoms with Gasteiger partial charge in [0, 0.05) is 17.1 Å².